The van der Waals surface area contributed by atoms with Gasteiger partial charge in [0, 0.05) is 20.7 Å². The zero-order chi connectivity index (χ0) is 11.3. The van der Waals surface area contributed by atoms with Crippen molar-refractivity contribution in [2.75, 3.05) is 32.2 Å². The molecule has 0 atom stereocenters. The summed E-state index contributed by atoms with van der Waals surface area (Å²) in [5.41, 5.74) is -0.0585. The normalized spacial score (nSPS) is 10.0. The minimum Gasteiger partial charge on any atom is -0.476 e. The summed E-state index contributed by atoms with van der Waals surface area (Å²) in [5, 5.41) is 8.72. The molecule has 0 unspecified atom stereocenters. The maximum Gasteiger partial charge on any atom is 0.356 e. The number of carbonyl (C=O) groups is 1. The fraction of sp³-hybridized carbons (Fsp3) is 0.444. The van der Waals surface area contributed by atoms with Gasteiger partial charge >= 0.3 is 5.97 Å². The van der Waals surface area contributed by atoms with Gasteiger partial charge in [0.05, 0.1) is 19.0 Å². The van der Waals surface area contributed by atoms with E-state index in [1.807, 2.05) is 0 Å². The first kappa shape index (κ1) is 11.4. The molecule has 0 radical (unpaired) electrons. The van der Waals surface area contributed by atoms with Crippen LogP contribution in [0.25, 0.3) is 0 Å². The fourth-order valence-electron chi connectivity index (χ4n) is 0.985. The van der Waals surface area contributed by atoms with Crippen molar-refractivity contribution in [1.29, 1.82) is 0 Å². The van der Waals surface area contributed by atoms with Gasteiger partial charge in [0.15, 0.2) is 5.69 Å². The molecule has 6 heteroatoms. The van der Waals surface area contributed by atoms with Crippen LogP contribution in [0.4, 0.5) is 5.82 Å². The van der Waals surface area contributed by atoms with E-state index in [0.717, 1.165) is 0 Å². The number of carboxylic acid groups (broad SMARTS) is 1. The van der Waals surface area contributed by atoms with Crippen LogP contribution >= 0.6 is 0 Å². The van der Waals surface area contributed by atoms with E-state index in [2.05, 4.69) is 9.97 Å². The number of ether oxygens (including phenoxy) is 1. The van der Waals surface area contributed by atoms with Crippen molar-refractivity contribution < 1.29 is 14.6 Å². The summed E-state index contributed by atoms with van der Waals surface area (Å²) in [7, 11) is 3.40. The second kappa shape index (κ2) is 5.26. The van der Waals surface area contributed by atoms with E-state index >= 15 is 0 Å². The molecule has 0 aromatic carbocycles. The summed E-state index contributed by atoms with van der Waals surface area (Å²) in [5.74, 6) is -0.559. The van der Waals surface area contributed by atoms with Gasteiger partial charge in [0.1, 0.15) is 5.82 Å². The molecule has 0 fully saturated rings. The monoisotopic (exact) mass is 211 g/mol. The van der Waals surface area contributed by atoms with Crippen LogP contribution in [-0.2, 0) is 4.74 Å². The standard InChI is InChI=1S/C9H13N3O3/c1-12(3-4-15-2)8-6-10-5-7(11-8)9(13)14/h5-6H,3-4H2,1-2H3,(H,13,14). The number of anilines is 1. The zero-order valence-corrected chi connectivity index (χ0v) is 8.67. The molecule has 1 aromatic rings. The van der Waals surface area contributed by atoms with Crippen molar-refractivity contribution >= 4 is 11.8 Å². The highest BCUT2D eigenvalue weighted by molar-refractivity contribution is 5.85. The molecule has 0 saturated carbocycles. The molecular formula is C9H13N3O3. The van der Waals surface area contributed by atoms with Gasteiger partial charge in [0.2, 0.25) is 0 Å². The second-order valence-corrected chi connectivity index (χ2v) is 2.98. The lowest BCUT2D eigenvalue weighted by Gasteiger charge is -2.16. The molecule has 15 heavy (non-hydrogen) atoms. The van der Waals surface area contributed by atoms with Crippen LogP contribution in [0.15, 0.2) is 12.4 Å². The zero-order valence-electron chi connectivity index (χ0n) is 8.67. The molecule has 0 saturated heterocycles. The first-order valence-electron chi connectivity index (χ1n) is 4.40. The van der Waals surface area contributed by atoms with E-state index in [1.54, 1.807) is 19.1 Å². The third-order valence-corrected chi connectivity index (χ3v) is 1.86. The summed E-state index contributed by atoms with van der Waals surface area (Å²) in [4.78, 5) is 20.2. The van der Waals surface area contributed by atoms with Crippen molar-refractivity contribution in [2.24, 2.45) is 0 Å². The fourth-order valence-corrected chi connectivity index (χ4v) is 0.985. The lowest BCUT2D eigenvalue weighted by Crippen LogP contribution is -2.23. The van der Waals surface area contributed by atoms with Gasteiger partial charge in [-0.2, -0.15) is 0 Å². The minimum atomic E-state index is -1.08. The topological polar surface area (TPSA) is 75.5 Å². The third kappa shape index (κ3) is 3.17. The van der Waals surface area contributed by atoms with Crippen LogP contribution in [0, 0.1) is 0 Å². The predicted octanol–water partition coefficient (Wildman–Crippen LogP) is 0.257. The summed E-state index contributed by atoms with van der Waals surface area (Å²) < 4.78 is 4.91. The van der Waals surface area contributed by atoms with Gasteiger partial charge in [-0.25, -0.2) is 9.78 Å². The summed E-state index contributed by atoms with van der Waals surface area (Å²) in [6, 6.07) is 0. The molecule has 1 aromatic heterocycles. The molecule has 1 rings (SSSR count). The van der Waals surface area contributed by atoms with Gasteiger partial charge in [-0.3, -0.25) is 4.98 Å². The van der Waals surface area contributed by atoms with E-state index in [1.165, 1.54) is 12.4 Å². The van der Waals surface area contributed by atoms with E-state index in [0.29, 0.717) is 19.0 Å². The number of aromatic carboxylic acids is 1. The highest BCUT2D eigenvalue weighted by Gasteiger charge is 2.08. The van der Waals surface area contributed by atoms with Crippen LogP contribution in [0.2, 0.25) is 0 Å². The van der Waals surface area contributed by atoms with Gasteiger partial charge in [-0.05, 0) is 0 Å². The molecule has 6 nitrogen and oxygen atoms in total. The predicted molar refractivity (Wildman–Crippen MR) is 54.1 cm³/mol. The van der Waals surface area contributed by atoms with E-state index < -0.39 is 5.97 Å². The molecule has 0 aliphatic heterocycles. The Hall–Kier alpha value is -1.69. The van der Waals surface area contributed by atoms with Crippen LogP contribution in [-0.4, -0.2) is 48.4 Å². The summed E-state index contributed by atoms with van der Waals surface area (Å²) in [6.07, 6.45) is 2.73. The number of rotatable bonds is 5. The number of carboxylic acids is 1. The maximum atomic E-state index is 10.6. The first-order valence-corrected chi connectivity index (χ1v) is 4.40. The molecule has 0 bridgehead atoms. The molecule has 82 valence electrons. The van der Waals surface area contributed by atoms with Crippen LogP contribution < -0.4 is 4.90 Å². The number of methoxy groups -OCH3 is 1. The smallest absolute Gasteiger partial charge is 0.356 e. The van der Waals surface area contributed by atoms with Crippen molar-refractivity contribution in [3.63, 3.8) is 0 Å². The van der Waals surface area contributed by atoms with Crippen molar-refractivity contribution in [2.45, 2.75) is 0 Å². The highest BCUT2D eigenvalue weighted by atomic mass is 16.5. The summed E-state index contributed by atoms with van der Waals surface area (Å²) in [6.45, 7) is 1.18. The largest absolute Gasteiger partial charge is 0.476 e. The number of hydrogen-bond donors (Lipinski definition) is 1. The molecule has 0 spiro atoms. The lowest BCUT2D eigenvalue weighted by atomic mass is 10.4. The van der Waals surface area contributed by atoms with Crippen molar-refractivity contribution in [3.8, 4) is 0 Å². The van der Waals surface area contributed by atoms with E-state index in [-0.39, 0.29) is 5.69 Å². The average Bonchev–Trinajstić information content (AvgIpc) is 2.26. The third-order valence-electron chi connectivity index (χ3n) is 1.86. The van der Waals surface area contributed by atoms with E-state index in [4.69, 9.17) is 9.84 Å². The quantitative estimate of drug-likeness (QED) is 0.752. The Bertz CT molecular complexity index is 343. The van der Waals surface area contributed by atoms with Gasteiger partial charge in [0.25, 0.3) is 0 Å². The van der Waals surface area contributed by atoms with Gasteiger partial charge in [-0.1, -0.05) is 0 Å². The maximum absolute atomic E-state index is 10.6. The van der Waals surface area contributed by atoms with Crippen LogP contribution in [0.5, 0.6) is 0 Å². The van der Waals surface area contributed by atoms with Crippen LogP contribution in [0.3, 0.4) is 0 Å². The van der Waals surface area contributed by atoms with Crippen molar-refractivity contribution in [1.82, 2.24) is 9.97 Å². The second-order valence-electron chi connectivity index (χ2n) is 2.98. The Morgan fingerprint density at radius 3 is 2.93 bits per heavy atom. The van der Waals surface area contributed by atoms with Crippen LogP contribution in [0.1, 0.15) is 10.5 Å². The van der Waals surface area contributed by atoms with E-state index in [9.17, 15) is 4.79 Å². The van der Waals surface area contributed by atoms with Crippen molar-refractivity contribution in [3.05, 3.63) is 18.1 Å². The average molecular weight is 211 g/mol. The molecular weight excluding hydrogens is 198 g/mol. The molecule has 0 amide bonds. The summed E-state index contributed by atoms with van der Waals surface area (Å²) >= 11 is 0. The number of likely N-dealkylation sites (N-methyl/N-ethyl adjacent to an activating group) is 1. The SMILES string of the molecule is COCCN(C)c1cncc(C(=O)O)n1. The van der Waals surface area contributed by atoms with Gasteiger partial charge < -0.3 is 14.7 Å². The highest BCUT2D eigenvalue weighted by Crippen LogP contribution is 2.06. The Kier molecular flexibility index (Phi) is 3.99. The minimum absolute atomic E-state index is 0.0585. The molecule has 0 aliphatic carbocycles. The Balaban J connectivity index is 2.76. The number of aromatic nitrogens is 2. The molecule has 0 aliphatic rings. The first-order chi connectivity index (χ1) is 7.15. The molecule has 1 N–H and O–H groups in total. The number of hydrogen-bond acceptors (Lipinski definition) is 5. The van der Waals surface area contributed by atoms with Gasteiger partial charge in [-0.15, -0.1) is 0 Å². The Labute approximate surface area is 87.5 Å². The Morgan fingerprint density at radius 2 is 2.33 bits per heavy atom. The Morgan fingerprint density at radius 1 is 1.60 bits per heavy atom. The number of nitrogens with zero attached hydrogens (tertiary/aromatic N) is 3. The lowest BCUT2D eigenvalue weighted by molar-refractivity contribution is 0.0690. The molecule has 1 heterocycles.